The molecule has 0 N–H and O–H groups in total. The number of aromatic nitrogens is 2. The average molecular weight is 258 g/mol. The molecule has 0 saturated carbocycles. The molecule has 0 bridgehead atoms. The molecular weight excluding hydrogens is 244 g/mol. The Hall–Kier alpha value is -2.30. The van der Waals surface area contributed by atoms with Gasteiger partial charge in [0.2, 0.25) is 0 Å². The highest BCUT2D eigenvalue weighted by Gasteiger charge is 2.18. The van der Waals surface area contributed by atoms with Crippen molar-refractivity contribution in [1.29, 1.82) is 0 Å². The largest absolute Gasteiger partial charge is 0.497 e. The zero-order valence-electron chi connectivity index (χ0n) is 11.1. The molecule has 0 saturated heterocycles. The van der Waals surface area contributed by atoms with Gasteiger partial charge in [-0.1, -0.05) is 12.1 Å². The van der Waals surface area contributed by atoms with Crippen LogP contribution in [-0.2, 0) is 6.42 Å². The van der Waals surface area contributed by atoms with Gasteiger partial charge in [-0.15, -0.1) is 0 Å². The van der Waals surface area contributed by atoms with Crippen molar-refractivity contribution in [3.8, 4) is 17.4 Å². The van der Waals surface area contributed by atoms with Gasteiger partial charge in [0.1, 0.15) is 11.3 Å². The van der Waals surface area contributed by atoms with Crippen molar-refractivity contribution in [2.75, 3.05) is 7.11 Å². The number of aryl methyl sites for hydroxylation is 2. The molecule has 0 amide bonds. The Morgan fingerprint density at radius 3 is 2.84 bits per heavy atom. The fraction of sp³-hybridized carbons (Fsp3) is 0.286. The van der Waals surface area contributed by atoms with Crippen LogP contribution in [0.2, 0.25) is 0 Å². The highest BCUT2D eigenvalue weighted by Crippen LogP contribution is 2.33. The molecule has 5 nitrogen and oxygen atoms in total. The third kappa shape index (κ3) is 1.87. The van der Waals surface area contributed by atoms with Crippen LogP contribution in [-0.4, -0.2) is 17.3 Å². The number of nitrogens with zero attached hydrogens (tertiary/aromatic N) is 2. The first kappa shape index (κ1) is 11.8. The molecule has 0 radical (unpaired) electrons. The number of ether oxygens (including phenoxy) is 1. The van der Waals surface area contributed by atoms with Crippen LogP contribution in [0.4, 0.5) is 0 Å². The summed E-state index contributed by atoms with van der Waals surface area (Å²) in [5, 5.41) is 4.91. The third-order valence-electron chi connectivity index (χ3n) is 3.12. The highest BCUT2D eigenvalue weighted by molar-refractivity contribution is 5.87. The lowest BCUT2D eigenvalue weighted by atomic mass is 10.1. The van der Waals surface area contributed by atoms with Crippen molar-refractivity contribution >= 4 is 11.0 Å². The number of benzene rings is 1. The minimum absolute atomic E-state index is 0.421. The minimum Gasteiger partial charge on any atom is -0.497 e. The Labute approximate surface area is 110 Å². The van der Waals surface area contributed by atoms with Crippen LogP contribution in [0.5, 0.6) is 5.75 Å². The Bertz CT molecular complexity index is 727. The van der Waals surface area contributed by atoms with Crippen LogP contribution >= 0.6 is 0 Å². The lowest BCUT2D eigenvalue weighted by molar-refractivity contribution is 0.409. The Balaban J connectivity index is 2.16. The molecule has 19 heavy (non-hydrogen) atoms. The van der Waals surface area contributed by atoms with Crippen molar-refractivity contribution in [1.82, 2.24) is 10.1 Å². The molecule has 0 spiro atoms. The lowest BCUT2D eigenvalue weighted by Crippen LogP contribution is -1.82. The molecule has 0 aliphatic heterocycles. The fourth-order valence-electron chi connectivity index (χ4n) is 2.03. The van der Waals surface area contributed by atoms with E-state index in [1.807, 2.05) is 32.0 Å². The Kier molecular flexibility index (Phi) is 2.74. The van der Waals surface area contributed by atoms with Crippen molar-refractivity contribution in [3.05, 3.63) is 29.6 Å². The average Bonchev–Trinajstić information content (AvgIpc) is 3.03. The molecule has 0 atom stereocenters. The van der Waals surface area contributed by atoms with E-state index in [0.29, 0.717) is 17.5 Å². The van der Waals surface area contributed by atoms with E-state index in [1.165, 1.54) is 0 Å². The molecule has 5 heteroatoms. The highest BCUT2D eigenvalue weighted by atomic mass is 16.5. The SMILES string of the molecule is CCc1noc(-c2oc3cc(OC)ccc3c2C)n1. The predicted molar refractivity (Wildman–Crippen MR) is 70.2 cm³/mol. The van der Waals surface area contributed by atoms with Gasteiger partial charge in [-0.05, 0) is 19.1 Å². The van der Waals surface area contributed by atoms with E-state index in [9.17, 15) is 0 Å². The number of fused-ring (bicyclic) bond motifs is 1. The maximum Gasteiger partial charge on any atom is 0.293 e. The summed E-state index contributed by atoms with van der Waals surface area (Å²) in [5.74, 6) is 2.47. The first-order valence-corrected chi connectivity index (χ1v) is 6.13. The maximum absolute atomic E-state index is 5.81. The molecule has 0 unspecified atom stereocenters. The van der Waals surface area contributed by atoms with Gasteiger partial charge in [0.05, 0.1) is 7.11 Å². The van der Waals surface area contributed by atoms with E-state index in [4.69, 9.17) is 13.7 Å². The number of methoxy groups -OCH3 is 1. The zero-order chi connectivity index (χ0) is 13.4. The molecule has 1 aromatic carbocycles. The van der Waals surface area contributed by atoms with Gasteiger partial charge < -0.3 is 13.7 Å². The summed E-state index contributed by atoms with van der Waals surface area (Å²) in [4.78, 5) is 4.29. The summed E-state index contributed by atoms with van der Waals surface area (Å²) in [5.41, 5.74) is 1.74. The molecule has 3 rings (SSSR count). The van der Waals surface area contributed by atoms with Gasteiger partial charge >= 0.3 is 0 Å². The Morgan fingerprint density at radius 2 is 2.16 bits per heavy atom. The summed E-state index contributed by atoms with van der Waals surface area (Å²) in [6, 6.07) is 5.72. The second kappa shape index (κ2) is 4.42. The zero-order valence-corrected chi connectivity index (χ0v) is 11.1. The summed E-state index contributed by atoms with van der Waals surface area (Å²) in [6.07, 6.45) is 0.733. The predicted octanol–water partition coefficient (Wildman–Crippen LogP) is 3.36. The van der Waals surface area contributed by atoms with E-state index in [1.54, 1.807) is 7.11 Å². The molecular formula is C14H14N2O3. The number of hydrogen-bond donors (Lipinski definition) is 0. The topological polar surface area (TPSA) is 61.3 Å². The van der Waals surface area contributed by atoms with Crippen molar-refractivity contribution in [2.24, 2.45) is 0 Å². The monoisotopic (exact) mass is 258 g/mol. The Morgan fingerprint density at radius 1 is 1.32 bits per heavy atom. The summed E-state index contributed by atoms with van der Waals surface area (Å²) >= 11 is 0. The summed E-state index contributed by atoms with van der Waals surface area (Å²) in [6.45, 7) is 3.95. The number of rotatable bonds is 3. The van der Waals surface area contributed by atoms with Gasteiger partial charge in [0.25, 0.3) is 5.89 Å². The minimum atomic E-state index is 0.421. The fourth-order valence-corrected chi connectivity index (χ4v) is 2.03. The van der Waals surface area contributed by atoms with Gasteiger partial charge in [0.15, 0.2) is 11.6 Å². The van der Waals surface area contributed by atoms with E-state index in [0.717, 1.165) is 28.7 Å². The van der Waals surface area contributed by atoms with Crippen LogP contribution in [0.3, 0.4) is 0 Å². The van der Waals surface area contributed by atoms with Crippen molar-refractivity contribution < 1.29 is 13.7 Å². The first-order valence-electron chi connectivity index (χ1n) is 6.13. The van der Waals surface area contributed by atoms with E-state index in [-0.39, 0.29) is 0 Å². The van der Waals surface area contributed by atoms with E-state index in [2.05, 4.69) is 10.1 Å². The van der Waals surface area contributed by atoms with Gasteiger partial charge in [-0.2, -0.15) is 4.98 Å². The quantitative estimate of drug-likeness (QED) is 0.720. The van der Waals surface area contributed by atoms with Crippen LogP contribution in [0, 0.1) is 6.92 Å². The number of furan rings is 1. The van der Waals surface area contributed by atoms with Gasteiger partial charge in [0, 0.05) is 23.4 Å². The maximum atomic E-state index is 5.81. The van der Waals surface area contributed by atoms with Gasteiger partial charge in [-0.25, -0.2) is 0 Å². The third-order valence-corrected chi connectivity index (χ3v) is 3.12. The second-order valence-corrected chi connectivity index (χ2v) is 4.29. The molecule has 0 fully saturated rings. The molecule has 0 aliphatic carbocycles. The van der Waals surface area contributed by atoms with Crippen molar-refractivity contribution in [3.63, 3.8) is 0 Å². The smallest absolute Gasteiger partial charge is 0.293 e. The number of hydrogen-bond acceptors (Lipinski definition) is 5. The molecule has 3 aromatic rings. The molecule has 2 aromatic heterocycles. The van der Waals surface area contributed by atoms with E-state index >= 15 is 0 Å². The lowest BCUT2D eigenvalue weighted by Gasteiger charge is -1.97. The summed E-state index contributed by atoms with van der Waals surface area (Å²) in [7, 11) is 1.63. The molecule has 98 valence electrons. The molecule has 0 aliphatic rings. The van der Waals surface area contributed by atoms with Crippen LogP contribution in [0.1, 0.15) is 18.3 Å². The second-order valence-electron chi connectivity index (χ2n) is 4.29. The summed E-state index contributed by atoms with van der Waals surface area (Å²) < 4.78 is 16.2. The standard InChI is InChI=1S/C14H14N2O3/c1-4-12-15-14(19-16-12)13-8(2)10-6-5-9(17-3)7-11(10)18-13/h5-7H,4H2,1-3H3. The van der Waals surface area contributed by atoms with E-state index < -0.39 is 0 Å². The van der Waals surface area contributed by atoms with Crippen molar-refractivity contribution in [2.45, 2.75) is 20.3 Å². The van der Waals surface area contributed by atoms with Crippen LogP contribution < -0.4 is 4.74 Å². The van der Waals surface area contributed by atoms with Crippen LogP contribution in [0.25, 0.3) is 22.6 Å². The molecule has 2 heterocycles. The van der Waals surface area contributed by atoms with Crippen LogP contribution in [0.15, 0.2) is 27.1 Å². The first-order chi connectivity index (χ1) is 9.22. The van der Waals surface area contributed by atoms with Gasteiger partial charge in [-0.3, -0.25) is 0 Å². The normalized spacial score (nSPS) is 11.1.